The Balaban J connectivity index is 2.42. The maximum absolute atomic E-state index is 6.06. The van der Waals surface area contributed by atoms with Crippen molar-refractivity contribution in [2.45, 2.75) is 19.4 Å². The molecule has 0 amide bonds. The molecule has 0 radical (unpaired) electrons. The molecule has 1 aromatic rings. The maximum atomic E-state index is 6.06. The molecule has 13 heavy (non-hydrogen) atoms. The zero-order chi connectivity index (χ0) is 9.42. The standard InChI is InChI=1S/C11H15NO/c1-7-5-8-3-4-9(13-2)6-10(8)11(7)12/h3-4,6-7,11H,5,12H2,1-2H3. The highest BCUT2D eigenvalue weighted by Crippen LogP contribution is 2.35. The Morgan fingerprint density at radius 3 is 2.92 bits per heavy atom. The van der Waals surface area contributed by atoms with Crippen molar-refractivity contribution in [3.8, 4) is 5.75 Å². The van der Waals surface area contributed by atoms with E-state index in [1.165, 1.54) is 11.1 Å². The summed E-state index contributed by atoms with van der Waals surface area (Å²) in [5, 5.41) is 0. The lowest BCUT2D eigenvalue weighted by molar-refractivity contribution is 0.413. The van der Waals surface area contributed by atoms with E-state index < -0.39 is 0 Å². The van der Waals surface area contributed by atoms with Gasteiger partial charge in [0.2, 0.25) is 0 Å². The quantitative estimate of drug-likeness (QED) is 0.711. The SMILES string of the molecule is COc1ccc2c(c1)C(N)C(C)C2. The number of hydrogen-bond donors (Lipinski definition) is 1. The molecule has 0 heterocycles. The molecule has 0 bridgehead atoms. The lowest BCUT2D eigenvalue weighted by Gasteiger charge is -2.10. The van der Waals surface area contributed by atoms with Crippen LogP contribution in [0.4, 0.5) is 0 Å². The van der Waals surface area contributed by atoms with Gasteiger partial charge in [-0.2, -0.15) is 0 Å². The fraction of sp³-hybridized carbons (Fsp3) is 0.455. The van der Waals surface area contributed by atoms with Crippen LogP contribution in [0.2, 0.25) is 0 Å². The molecular formula is C11H15NO. The van der Waals surface area contributed by atoms with Crippen molar-refractivity contribution >= 4 is 0 Å². The smallest absolute Gasteiger partial charge is 0.119 e. The molecule has 2 unspecified atom stereocenters. The lowest BCUT2D eigenvalue weighted by atomic mass is 10.0. The van der Waals surface area contributed by atoms with E-state index in [1.807, 2.05) is 6.07 Å². The van der Waals surface area contributed by atoms with Crippen molar-refractivity contribution in [1.29, 1.82) is 0 Å². The predicted molar refractivity (Wildman–Crippen MR) is 52.8 cm³/mol. The Hall–Kier alpha value is -1.02. The second-order valence-electron chi connectivity index (χ2n) is 3.77. The van der Waals surface area contributed by atoms with E-state index >= 15 is 0 Å². The average Bonchev–Trinajstić information content (AvgIpc) is 2.43. The zero-order valence-corrected chi connectivity index (χ0v) is 8.08. The third-order valence-corrected chi connectivity index (χ3v) is 2.87. The molecule has 1 aliphatic carbocycles. The van der Waals surface area contributed by atoms with Crippen molar-refractivity contribution in [3.05, 3.63) is 29.3 Å². The predicted octanol–water partition coefficient (Wildman–Crippen LogP) is 1.89. The van der Waals surface area contributed by atoms with Crippen LogP contribution in [0.25, 0.3) is 0 Å². The van der Waals surface area contributed by atoms with Crippen molar-refractivity contribution in [1.82, 2.24) is 0 Å². The van der Waals surface area contributed by atoms with Crippen molar-refractivity contribution < 1.29 is 4.74 Å². The molecule has 2 N–H and O–H groups in total. The fourth-order valence-electron chi connectivity index (χ4n) is 1.98. The van der Waals surface area contributed by atoms with Gasteiger partial charge in [-0.15, -0.1) is 0 Å². The van der Waals surface area contributed by atoms with Crippen LogP contribution in [0.15, 0.2) is 18.2 Å². The highest BCUT2D eigenvalue weighted by molar-refractivity contribution is 5.41. The Morgan fingerprint density at radius 1 is 1.46 bits per heavy atom. The van der Waals surface area contributed by atoms with Crippen LogP contribution < -0.4 is 10.5 Å². The molecule has 2 rings (SSSR count). The van der Waals surface area contributed by atoms with Crippen LogP contribution in [0.1, 0.15) is 24.1 Å². The highest BCUT2D eigenvalue weighted by atomic mass is 16.5. The van der Waals surface area contributed by atoms with Crippen LogP contribution in [-0.2, 0) is 6.42 Å². The number of fused-ring (bicyclic) bond motifs is 1. The largest absolute Gasteiger partial charge is 0.497 e. The molecule has 0 fully saturated rings. The number of methoxy groups -OCH3 is 1. The van der Waals surface area contributed by atoms with Gasteiger partial charge in [-0.1, -0.05) is 13.0 Å². The molecule has 70 valence electrons. The van der Waals surface area contributed by atoms with Gasteiger partial charge in [0.1, 0.15) is 5.75 Å². The van der Waals surface area contributed by atoms with E-state index in [-0.39, 0.29) is 6.04 Å². The van der Waals surface area contributed by atoms with Gasteiger partial charge in [0, 0.05) is 6.04 Å². The number of nitrogens with two attached hydrogens (primary N) is 1. The van der Waals surface area contributed by atoms with Gasteiger partial charge in [-0.25, -0.2) is 0 Å². The molecule has 0 spiro atoms. The van der Waals surface area contributed by atoms with Crippen LogP contribution in [0, 0.1) is 5.92 Å². The Labute approximate surface area is 78.7 Å². The van der Waals surface area contributed by atoms with E-state index in [1.54, 1.807) is 7.11 Å². The number of hydrogen-bond acceptors (Lipinski definition) is 2. The second-order valence-corrected chi connectivity index (χ2v) is 3.77. The van der Waals surface area contributed by atoms with E-state index in [9.17, 15) is 0 Å². The molecule has 2 atom stereocenters. The van der Waals surface area contributed by atoms with Gasteiger partial charge < -0.3 is 10.5 Å². The van der Waals surface area contributed by atoms with E-state index in [4.69, 9.17) is 10.5 Å². The minimum absolute atomic E-state index is 0.185. The molecule has 0 aromatic heterocycles. The average molecular weight is 177 g/mol. The normalized spacial score (nSPS) is 25.8. The monoisotopic (exact) mass is 177 g/mol. The van der Waals surface area contributed by atoms with Crippen molar-refractivity contribution in [2.75, 3.05) is 7.11 Å². The summed E-state index contributed by atoms with van der Waals surface area (Å²) in [6, 6.07) is 6.37. The Morgan fingerprint density at radius 2 is 2.23 bits per heavy atom. The maximum Gasteiger partial charge on any atom is 0.119 e. The van der Waals surface area contributed by atoms with Gasteiger partial charge in [-0.05, 0) is 35.6 Å². The van der Waals surface area contributed by atoms with Crippen molar-refractivity contribution in [2.24, 2.45) is 11.7 Å². The molecule has 1 aliphatic rings. The molecule has 2 nitrogen and oxygen atoms in total. The lowest BCUT2D eigenvalue weighted by Crippen LogP contribution is -2.13. The van der Waals surface area contributed by atoms with Gasteiger partial charge >= 0.3 is 0 Å². The third-order valence-electron chi connectivity index (χ3n) is 2.87. The second kappa shape index (κ2) is 3.04. The summed E-state index contributed by atoms with van der Waals surface area (Å²) in [5.41, 5.74) is 8.69. The summed E-state index contributed by atoms with van der Waals surface area (Å²) in [4.78, 5) is 0. The van der Waals surface area contributed by atoms with Gasteiger partial charge in [0.05, 0.1) is 7.11 Å². The van der Waals surface area contributed by atoms with E-state index in [0.717, 1.165) is 12.2 Å². The van der Waals surface area contributed by atoms with E-state index in [0.29, 0.717) is 5.92 Å². The molecule has 2 heteroatoms. The highest BCUT2D eigenvalue weighted by Gasteiger charge is 2.26. The topological polar surface area (TPSA) is 35.2 Å². The molecule has 0 saturated carbocycles. The first-order valence-corrected chi connectivity index (χ1v) is 4.64. The van der Waals surface area contributed by atoms with Crippen LogP contribution >= 0.6 is 0 Å². The minimum Gasteiger partial charge on any atom is -0.497 e. The van der Waals surface area contributed by atoms with Gasteiger partial charge in [-0.3, -0.25) is 0 Å². The van der Waals surface area contributed by atoms with Gasteiger partial charge in [0.25, 0.3) is 0 Å². The summed E-state index contributed by atoms with van der Waals surface area (Å²) in [5.74, 6) is 1.46. The summed E-state index contributed by atoms with van der Waals surface area (Å²) >= 11 is 0. The summed E-state index contributed by atoms with van der Waals surface area (Å²) in [6.07, 6.45) is 1.10. The Kier molecular flexibility index (Phi) is 2.00. The summed E-state index contributed by atoms with van der Waals surface area (Å²) in [6.45, 7) is 2.19. The zero-order valence-electron chi connectivity index (χ0n) is 8.08. The molecular weight excluding hydrogens is 162 g/mol. The van der Waals surface area contributed by atoms with Crippen LogP contribution in [0.3, 0.4) is 0 Å². The third kappa shape index (κ3) is 1.31. The van der Waals surface area contributed by atoms with Crippen molar-refractivity contribution in [3.63, 3.8) is 0 Å². The number of rotatable bonds is 1. The molecule has 0 saturated heterocycles. The first-order valence-electron chi connectivity index (χ1n) is 4.64. The minimum atomic E-state index is 0.185. The number of ether oxygens (including phenoxy) is 1. The number of benzene rings is 1. The summed E-state index contributed by atoms with van der Waals surface area (Å²) in [7, 11) is 1.69. The molecule has 1 aromatic carbocycles. The molecule has 0 aliphatic heterocycles. The Bertz CT molecular complexity index is 322. The summed E-state index contributed by atoms with van der Waals surface area (Å²) < 4.78 is 5.17. The first kappa shape index (κ1) is 8.57. The van der Waals surface area contributed by atoms with Crippen LogP contribution in [0.5, 0.6) is 5.75 Å². The fourth-order valence-corrected chi connectivity index (χ4v) is 1.98. The van der Waals surface area contributed by atoms with E-state index in [2.05, 4.69) is 19.1 Å². The first-order chi connectivity index (χ1) is 6.22. The van der Waals surface area contributed by atoms with Crippen LogP contribution in [-0.4, -0.2) is 7.11 Å². The van der Waals surface area contributed by atoms with Gasteiger partial charge in [0.15, 0.2) is 0 Å².